The summed E-state index contributed by atoms with van der Waals surface area (Å²) in [6, 6.07) is 0. The van der Waals surface area contributed by atoms with Crippen LogP contribution >= 0.6 is 0 Å². The van der Waals surface area contributed by atoms with Crippen molar-refractivity contribution < 1.29 is 14.7 Å². The average Bonchev–Trinajstić information content (AvgIpc) is 2.44. The summed E-state index contributed by atoms with van der Waals surface area (Å²) < 4.78 is 0. The van der Waals surface area contributed by atoms with Gasteiger partial charge in [-0.15, -0.1) is 0 Å². The topological polar surface area (TPSA) is 54.4 Å². The molecular weight excluding hydrogens is 264 g/mol. The highest BCUT2D eigenvalue weighted by atomic mass is 16.4. The van der Waals surface area contributed by atoms with Gasteiger partial charge in [0.1, 0.15) is 5.78 Å². The van der Waals surface area contributed by atoms with Gasteiger partial charge in [0.2, 0.25) is 0 Å². The van der Waals surface area contributed by atoms with E-state index in [1.165, 1.54) is 12.5 Å². The number of allylic oxidation sites excluding steroid dienone is 3. The highest BCUT2D eigenvalue weighted by Gasteiger charge is 1.99. The van der Waals surface area contributed by atoms with Gasteiger partial charge in [0.05, 0.1) is 0 Å². The van der Waals surface area contributed by atoms with Gasteiger partial charge in [-0.3, -0.25) is 4.79 Å². The van der Waals surface area contributed by atoms with Crippen LogP contribution in [0.5, 0.6) is 0 Å². The lowest BCUT2D eigenvalue weighted by atomic mass is 10.1. The van der Waals surface area contributed by atoms with Crippen LogP contribution in [0, 0.1) is 0 Å². The van der Waals surface area contributed by atoms with Crippen LogP contribution in [0.1, 0.15) is 77.6 Å². The van der Waals surface area contributed by atoms with Crippen LogP contribution in [0.25, 0.3) is 0 Å². The largest absolute Gasteiger partial charge is 0.478 e. The molecule has 0 saturated carbocycles. The molecule has 0 heterocycles. The quantitative estimate of drug-likeness (QED) is 0.277. The van der Waals surface area contributed by atoms with Crippen LogP contribution in [0.2, 0.25) is 0 Å². The molecule has 3 nitrogen and oxygen atoms in total. The van der Waals surface area contributed by atoms with Crippen molar-refractivity contribution in [2.75, 3.05) is 0 Å². The molecule has 0 rings (SSSR count). The molecule has 0 atom stereocenters. The molecule has 3 heteroatoms. The first kappa shape index (κ1) is 19.6. The summed E-state index contributed by atoms with van der Waals surface area (Å²) in [5.41, 5.74) is 0. The number of rotatable bonds is 14. The molecule has 0 saturated heterocycles. The summed E-state index contributed by atoms with van der Waals surface area (Å²) in [7, 11) is 0. The smallest absolute Gasteiger partial charge is 0.327 e. The first-order valence-electron chi connectivity index (χ1n) is 8.23. The van der Waals surface area contributed by atoms with Gasteiger partial charge in [0.15, 0.2) is 0 Å². The number of ketones is 1. The van der Waals surface area contributed by atoms with Gasteiger partial charge in [-0.1, -0.05) is 44.4 Å². The maximum atomic E-state index is 11.5. The SMILES string of the molecule is CCCCCC(=O)CCC=CCCCCC/C=C\C(=O)O. The number of unbranched alkanes of at least 4 members (excludes halogenated alkanes) is 6. The molecule has 0 aromatic rings. The first-order chi connectivity index (χ1) is 10.2. The molecule has 0 aliphatic heterocycles. The van der Waals surface area contributed by atoms with Crippen molar-refractivity contribution in [2.45, 2.75) is 77.6 Å². The molecule has 0 radical (unpaired) electrons. The average molecular weight is 294 g/mol. The summed E-state index contributed by atoms with van der Waals surface area (Å²) in [5.74, 6) is -0.486. The zero-order valence-electron chi connectivity index (χ0n) is 13.4. The fourth-order valence-corrected chi connectivity index (χ4v) is 2.06. The van der Waals surface area contributed by atoms with Crippen molar-refractivity contribution in [2.24, 2.45) is 0 Å². The second-order valence-electron chi connectivity index (χ2n) is 5.38. The predicted molar refractivity (Wildman–Crippen MR) is 87.4 cm³/mol. The number of Topliss-reactive ketones (excluding diaryl/α,β-unsaturated/α-hetero) is 1. The molecule has 0 unspecified atom stereocenters. The number of carbonyl (C=O) groups excluding carboxylic acids is 1. The molecule has 0 aromatic carbocycles. The summed E-state index contributed by atoms with van der Waals surface area (Å²) in [5, 5.41) is 8.42. The molecule has 120 valence electrons. The Bertz CT molecular complexity index is 329. The summed E-state index contributed by atoms with van der Waals surface area (Å²) in [6.45, 7) is 2.15. The highest BCUT2D eigenvalue weighted by molar-refractivity contribution is 5.79. The van der Waals surface area contributed by atoms with Crippen molar-refractivity contribution in [3.05, 3.63) is 24.3 Å². The third-order valence-corrected chi connectivity index (χ3v) is 3.32. The Labute approximate surface area is 129 Å². The fourth-order valence-electron chi connectivity index (χ4n) is 2.06. The van der Waals surface area contributed by atoms with Crippen LogP contribution in [0.3, 0.4) is 0 Å². The Balaban J connectivity index is 3.33. The predicted octanol–water partition coefficient (Wildman–Crippen LogP) is 5.06. The van der Waals surface area contributed by atoms with Crippen molar-refractivity contribution in [3.63, 3.8) is 0 Å². The fraction of sp³-hybridized carbons (Fsp3) is 0.667. The van der Waals surface area contributed by atoms with E-state index >= 15 is 0 Å². The van der Waals surface area contributed by atoms with E-state index in [-0.39, 0.29) is 0 Å². The molecule has 0 aliphatic rings. The van der Waals surface area contributed by atoms with E-state index in [9.17, 15) is 9.59 Å². The van der Waals surface area contributed by atoms with Gasteiger partial charge < -0.3 is 5.11 Å². The van der Waals surface area contributed by atoms with Crippen molar-refractivity contribution in [1.82, 2.24) is 0 Å². The van der Waals surface area contributed by atoms with E-state index in [2.05, 4.69) is 19.1 Å². The number of carbonyl (C=O) groups is 2. The maximum Gasteiger partial charge on any atom is 0.327 e. The third kappa shape index (κ3) is 16.6. The van der Waals surface area contributed by atoms with E-state index in [1.54, 1.807) is 6.08 Å². The number of carboxylic acid groups (broad SMARTS) is 1. The lowest BCUT2D eigenvalue weighted by Gasteiger charge is -1.98. The van der Waals surface area contributed by atoms with Crippen LogP contribution < -0.4 is 0 Å². The minimum atomic E-state index is -0.873. The lowest BCUT2D eigenvalue weighted by Crippen LogP contribution is -1.96. The van der Waals surface area contributed by atoms with Crippen LogP contribution in [-0.4, -0.2) is 16.9 Å². The first-order valence-corrected chi connectivity index (χ1v) is 8.23. The molecule has 21 heavy (non-hydrogen) atoms. The van der Waals surface area contributed by atoms with Gasteiger partial charge in [-0.05, 0) is 38.5 Å². The molecule has 0 amide bonds. The van der Waals surface area contributed by atoms with Crippen LogP contribution in [-0.2, 0) is 9.59 Å². The molecule has 0 spiro atoms. The molecular formula is C18H30O3. The van der Waals surface area contributed by atoms with Gasteiger partial charge in [-0.2, -0.15) is 0 Å². The minimum Gasteiger partial charge on any atom is -0.478 e. The van der Waals surface area contributed by atoms with Gasteiger partial charge in [-0.25, -0.2) is 4.79 Å². The van der Waals surface area contributed by atoms with Crippen LogP contribution in [0.15, 0.2) is 24.3 Å². The molecule has 0 aliphatic carbocycles. The molecule has 1 N–H and O–H groups in total. The summed E-state index contributed by atoms with van der Waals surface area (Å²) >= 11 is 0. The van der Waals surface area contributed by atoms with Crippen molar-refractivity contribution >= 4 is 11.8 Å². The zero-order valence-corrected chi connectivity index (χ0v) is 13.4. The standard InChI is InChI=1S/C18H30O3/c1-2-3-11-14-17(19)15-12-9-7-5-4-6-8-10-13-16-18(20)21/h7,9,13,16H,2-6,8,10-12,14-15H2,1H3,(H,20,21)/b9-7?,16-13-. The third-order valence-electron chi connectivity index (χ3n) is 3.32. The monoisotopic (exact) mass is 294 g/mol. The van der Waals surface area contributed by atoms with E-state index < -0.39 is 5.97 Å². The number of hydrogen-bond acceptors (Lipinski definition) is 2. The maximum absolute atomic E-state index is 11.5. The van der Waals surface area contributed by atoms with Gasteiger partial charge in [0.25, 0.3) is 0 Å². The van der Waals surface area contributed by atoms with Crippen LogP contribution in [0.4, 0.5) is 0 Å². The Morgan fingerprint density at radius 2 is 1.48 bits per heavy atom. The molecule has 0 bridgehead atoms. The lowest BCUT2D eigenvalue weighted by molar-refractivity contribution is -0.131. The number of hydrogen-bond donors (Lipinski definition) is 1. The summed E-state index contributed by atoms with van der Waals surface area (Å²) in [4.78, 5) is 21.8. The van der Waals surface area contributed by atoms with Gasteiger partial charge >= 0.3 is 5.97 Å². The second-order valence-corrected chi connectivity index (χ2v) is 5.38. The Hall–Kier alpha value is -1.38. The minimum absolute atomic E-state index is 0.387. The van der Waals surface area contributed by atoms with Crippen molar-refractivity contribution in [1.29, 1.82) is 0 Å². The normalized spacial score (nSPS) is 11.5. The Kier molecular flexibility index (Phi) is 14.0. The number of aliphatic carboxylic acids is 1. The van der Waals surface area contributed by atoms with E-state index in [1.807, 2.05) is 0 Å². The Morgan fingerprint density at radius 1 is 0.810 bits per heavy atom. The van der Waals surface area contributed by atoms with Crippen molar-refractivity contribution in [3.8, 4) is 0 Å². The molecule has 0 fully saturated rings. The summed E-state index contributed by atoms with van der Waals surface area (Å²) in [6.07, 6.45) is 18.0. The number of carboxylic acids is 1. The van der Waals surface area contributed by atoms with Gasteiger partial charge in [0, 0.05) is 18.9 Å². The van der Waals surface area contributed by atoms with E-state index in [0.29, 0.717) is 12.2 Å². The second kappa shape index (κ2) is 15.0. The molecule has 0 aromatic heterocycles. The highest BCUT2D eigenvalue weighted by Crippen LogP contribution is 2.07. The van der Waals surface area contributed by atoms with E-state index in [4.69, 9.17) is 5.11 Å². The van der Waals surface area contributed by atoms with E-state index in [0.717, 1.165) is 57.8 Å². The zero-order chi connectivity index (χ0) is 15.8. The Morgan fingerprint density at radius 3 is 2.14 bits per heavy atom.